The monoisotopic (exact) mass is 483 g/mol. The summed E-state index contributed by atoms with van der Waals surface area (Å²) < 4.78 is 38.5. The average molecular weight is 484 g/mol. The smallest absolute Gasteiger partial charge is 0.276 e. The van der Waals surface area contributed by atoms with Crippen molar-refractivity contribution in [3.05, 3.63) is 76.7 Å². The van der Waals surface area contributed by atoms with Crippen LogP contribution in [0.2, 0.25) is 0 Å². The molecule has 0 atom stereocenters. The van der Waals surface area contributed by atoms with Gasteiger partial charge in [-0.05, 0) is 50.1 Å². The molecule has 1 aliphatic rings. The minimum atomic E-state index is -3.60. The highest BCUT2D eigenvalue weighted by molar-refractivity contribution is 7.89. The van der Waals surface area contributed by atoms with Crippen molar-refractivity contribution in [1.29, 1.82) is 0 Å². The molecule has 2 aromatic carbocycles. The summed E-state index contributed by atoms with van der Waals surface area (Å²) in [6.45, 7) is 6.88. The van der Waals surface area contributed by atoms with E-state index in [-0.39, 0.29) is 49.3 Å². The molecule has 9 heteroatoms. The Morgan fingerprint density at radius 3 is 2.26 bits per heavy atom. The summed E-state index contributed by atoms with van der Waals surface area (Å²) in [5, 5.41) is 3.98. The van der Waals surface area contributed by atoms with Crippen LogP contribution in [0, 0.1) is 13.8 Å². The highest BCUT2D eigenvalue weighted by atomic mass is 32.2. The number of piperazine rings is 1. The maximum atomic E-state index is 13.2. The fourth-order valence-corrected chi connectivity index (χ4v) is 5.27. The second kappa shape index (κ2) is 9.99. The van der Waals surface area contributed by atoms with Crippen molar-refractivity contribution in [2.24, 2.45) is 0 Å². The van der Waals surface area contributed by atoms with Crippen LogP contribution in [0.25, 0.3) is 0 Å². The molecule has 1 fully saturated rings. The van der Waals surface area contributed by atoms with Crippen molar-refractivity contribution in [2.45, 2.75) is 38.7 Å². The number of ether oxygens (including phenoxy) is 1. The maximum Gasteiger partial charge on any atom is 0.276 e. The molecule has 1 saturated heterocycles. The van der Waals surface area contributed by atoms with E-state index in [0.29, 0.717) is 17.1 Å². The molecular weight excluding hydrogens is 454 g/mol. The first-order valence-electron chi connectivity index (χ1n) is 11.3. The Hall–Kier alpha value is -3.17. The first-order chi connectivity index (χ1) is 16.3. The Kier molecular flexibility index (Phi) is 7.04. The summed E-state index contributed by atoms with van der Waals surface area (Å²) in [6.07, 6.45) is 0.948. The molecule has 0 spiro atoms. The third-order valence-electron chi connectivity index (χ3n) is 6.09. The van der Waals surface area contributed by atoms with E-state index in [1.807, 2.05) is 31.2 Å². The quantitative estimate of drug-likeness (QED) is 0.510. The van der Waals surface area contributed by atoms with E-state index in [0.717, 1.165) is 12.0 Å². The third kappa shape index (κ3) is 5.00. The Morgan fingerprint density at radius 2 is 1.65 bits per heavy atom. The van der Waals surface area contributed by atoms with Crippen molar-refractivity contribution >= 4 is 15.9 Å². The molecule has 4 rings (SSSR count). The molecule has 0 saturated carbocycles. The van der Waals surface area contributed by atoms with E-state index in [1.165, 1.54) is 9.87 Å². The number of benzene rings is 2. The summed E-state index contributed by atoms with van der Waals surface area (Å²) in [6, 6.07) is 14.6. The summed E-state index contributed by atoms with van der Waals surface area (Å²) >= 11 is 0. The predicted octanol–water partition coefficient (Wildman–Crippen LogP) is 3.58. The number of hydrogen-bond acceptors (Lipinski definition) is 6. The highest BCUT2D eigenvalue weighted by Crippen LogP contribution is 2.22. The Morgan fingerprint density at radius 1 is 1.00 bits per heavy atom. The zero-order valence-electron chi connectivity index (χ0n) is 19.7. The van der Waals surface area contributed by atoms with Crippen molar-refractivity contribution in [1.82, 2.24) is 14.4 Å². The van der Waals surface area contributed by atoms with Crippen LogP contribution in [0.4, 0.5) is 0 Å². The summed E-state index contributed by atoms with van der Waals surface area (Å²) in [5.41, 5.74) is 3.01. The van der Waals surface area contributed by atoms with Gasteiger partial charge >= 0.3 is 0 Å². The van der Waals surface area contributed by atoms with Crippen LogP contribution in [0.15, 0.2) is 57.9 Å². The van der Waals surface area contributed by atoms with Crippen LogP contribution in [-0.2, 0) is 23.1 Å². The topological polar surface area (TPSA) is 93.0 Å². The van der Waals surface area contributed by atoms with E-state index in [2.05, 4.69) is 12.1 Å². The van der Waals surface area contributed by atoms with Gasteiger partial charge in [-0.3, -0.25) is 4.79 Å². The number of nitrogens with zero attached hydrogens (tertiary/aromatic N) is 3. The van der Waals surface area contributed by atoms with Gasteiger partial charge in [0.25, 0.3) is 5.91 Å². The van der Waals surface area contributed by atoms with Gasteiger partial charge < -0.3 is 14.2 Å². The number of rotatable bonds is 7. The molecule has 0 N–H and O–H groups in total. The SMILES string of the molecule is CCc1ccc(OCc2c(C(=O)N3CCN(S(=O)(=O)c4ccc(C)cc4)CC3)noc2C)cc1. The van der Waals surface area contributed by atoms with Crippen LogP contribution in [-0.4, -0.2) is 54.9 Å². The average Bonchev–Trinajstić information content (AvgIpc) is 3.23. The minimum absolute atomic E-state index is 0.156. The number of carbonyl (C=O) groups excluding carboxylic acids is 1. The van der Waals surface area contributed by atoms with Gasteiger partial charge in [-0.25, -0.2) is 8.42 Å². The number of amides is 1. The molecular formula is C25H29N3O5S. The zero-order valence-corrected chi connectivity index (χ0v) is 20.5. The van der Waals surface area contributed by atoms with Crippen LogP contribution in [0.3, 0.4) is 0 Å². The molecule has 0 radical (unpaired) electrons. The summed E-state index contributed by atoms with van der Waals surface area (Å²) in [4.78, 5) is 15.0. The van der Waals surface area contributed by atoms with Gasteiger partial charge in [-0.2, -0.15) is 4.31 Å². The lowest BCUT2D eigenvalue weighted by atomic mass is 10.1. The maximum absolute atomic E-state index is 13.2. The highest BCUT2D eigenvalue weighted by Gasteiger charge is 2.32. The molecule has 1 aromatic heterocycles. The van der Waals surface area contributed by atoms with E-state index < -0.39 is 10.0 Å². The van der Waals surface area contributed by atoms with Gasteiger partial charge in [-0.1, -0.05) is 41.9 Å². The lowest BCUT2D eigenvalue weighted by molar-refractivity contribution is 0.0685. The number of carbonyl (C=O) groups is 1. The largest absolute Gasteiger partial charge is 0.489 e. The first kappa shape index (κ1) is 24.0. The fraction of sp³-hybridized carbons (Fsp3) is 0.360. The number of sulfonamides is 1. The van der Waals surface area contributed by atoms with E-state index >= 15 is 0 Å². The van der Waals surface area contributed by atoms with E-state index in [4.69, 9.17) is 9.26 Å². The van der Waals surface area contributed by atoms with Crippen molar-refractivity contribution in [3.63, 3.8) is 0 Å². The lowest BCUT2D eigenvalue weighted by Crippen LogP contribution is -2.50. The Balaban J connectivity index is 1.41. The molecule has 0 unspecified atom stereocenters. The van der Waals surface area contributed by atoms with Gasteiger partial charge in [0, 0.05) is 26.2 Å². The Bertz CT molecular complexity index is 1240. The van der Waals surface area contributed by atoms with Crippen LogP contribution >= 0.6 is 0 Å². The molecule has 1 amide bonds. The van der Waals surface area contributed by atoms with Gasteiger partial charge in [0.05, 0.1) is 10.5 Å². The van der Waals surface area contributed by atoms with Gasteiger partial charge in [-0.15, -0.1) is 0 Å². The van der Waals surface area contributed by atoms with Crippen LogP contribution in [0.5, 0.6) is 5.75 Å². The number of aromatic nitrogens is 1. The number of aryl methyl sites for hydroxylation is 3. The molecule has 0 aliphatic carbocycles. The lowest BCUT2D eigenvalue weighted by Gasteiger charge is -2.33. The molecule has 1 aliphatic heterocycles. The zero-order chi connectivity index (χ0) is 24.3. The number of hydrogen-bond donors (Lipinski definition) is 0. The van der Waals surface area contributed by atoms with Crippen molar-refractivity contribution < 1.29 is 22.5 Å². The van der Waals surface area contributed by atoms with Gasteiger partial charge in [0.1, 0.15) is 18.1 Å². The minimum Gasteiger partial charge on any atom is -0.489 e. The van der Waals surface area contributed by atoms with Crippen molar-refractivity contribution in [2.75, 3.05) is 26.2 Å². The van der Waals surface area contributed by atoms with Gasteiger partial charge in [0.2, 0.25) is 10.0 Å². The normalized spacial score (nSPS) is 14.9. The molecule has 180 valence electrons. The van der Waals surface area contributed by atoms with Crippen LogP contribution < -0.4 is 4.74 Å². The second-order valence-corrected chi connectivity index (χ2v) is 10.3. The fourth-order valence-electron chi connectivity index (χ4n) is 3.85. The van der Waals surface area contributed by atoms with Crippen molar-refractivity contribution in [3.8, 4) is 5.75 Å². The predicted molar refractivity (Wildman–Crippen MR) is 127 cm³/mol. The molecule has 0 bridgehead atoms. The second-order valence-electron chi connectivity index (χ2n) is 8.36. The Labute approximate surface area is 200 Å². The van der Waals surface area contributed by atoms with Crippen LogP contribution in [0.1, 0.15) is 39.9 Å². The standard InChI is InChI=1S/C25H29N3O5S/c1-4-20-7-9-21(10-8-20)32-17-23-19(3)33-26-24(23)25(29)27-13-15-28(16-14-27)34(30,31)22-11-5-18(2)6-12-22/h5-12H,4,13-17H2,1-3H3. The third-order valence-corrected chi connectivity index (χ3v) is 8.00. The molecule has 8 nitrogen and oxygen atoms in total. The van der Waals surface area contributed by atoms with E-state index in [1.54, 1.807) is 36.1 Å². The summed E-state index contributed by atoms with van der Waals surface area (Å²) in [5.74, 6) is 0.935. The summed E-state index contributed by atoms with van der Waals surface area (Å²) in [7, 11) is -3.60. The molecule has 3 aromatic rings. The molecule has 2 heterocycles. The molecule has 34 heavy (non-hydrogen) atoms. The first-order valence-corrected chi connectivity index (χ1v) is 12.8. The van der Waals surface area contributed by atoms with Gasteiger partial charge in [0.15, 0.2) is 5.69 Å². The van der Waals surface area contributed by atoms with E-state index in [9.17, 15) is 13.2 Å².